The van der Waals surface area contributed by atoms with Crippen molar-refractivity contribution in [1.82, 2.24) is 14.9 Å². The molecule has 1 saturated heterocycles. The van der Waals surface area contributed by atoms with Gasteiger partial charge in [-0.3, -0.25) is 4.79 Å². The number of carbonyl (C=O) groups excluding carboxylic acids is 1. The van der Waals surface area contributed by atoms with E-state index in [1.807, 2.05) is 32.0 Å². The lowest BCUT2D eigenvalue weighted by atomic mass is 9.70. The topological polar surface area (TPSA) is 103 Å². The summed E-state index contributed by atoms with van der Waals surface area (Å²) in [5, 5.41) is 4.53. The Bertz CT molecular complexity index is 1000. The molecule has 2 aliphatic rings. The Balaban J connectivity index is 1.75. The van der Waals surface area contributed by atoms with E-state index in [1.165, 1.54) is 6.33 Å². The van der Waals surface area contributed by atoms with Crippen LogP contribution in [0.5, 0.6) is 5.75 Å². The van der Waals surface area contributed by atoms with Crippen molar-refractivity contribution in [1.29, 1.82) is 0 Å². The third kappa shape index (κ3) is 3.18. The molecule has 0 radical (unpaired) electrons. The molecule has 8 heteroatoms. The summed E-state index contributed by atoms with van der Waals surface area (Å²) >= 11 is 0. The fourth-order valence-corrected chi connectivity index (χ4v) is 4.17. The molecule has 1 aliphatic heterocycles. The minimum atomic E-state index is -0.567. The van der Waals surface area contributed by atoms with Gasteiger partial charge in [-0.1, -0.05) is 5.16 Å². The smallest absolute Gasteiger partial charge is 0.222 e. The highest BCUT2D eigenvalue weighted by atomic mass is 16.6. The molecule has 0 spiro atoms. The Labute approximate surface area is 169 Å². The summed E-state index contributed by atoms with van der Waals surface area (Å²) in [4.78, 5) is 27.9. The molecule has 0 bridgehead atoms. The first-order valence-corrected chi connectivity index (χ1v) is 9.57. The Morgan fingerprint density at radius 3 is 2.79 bits per heavy atom. The van der Waals surface area contributed by atoms with Crippen LogP contribution in [0.1, 0.15) is 31.4 Å². The molecule has 0 saturated carbocycles. The van der Waals surface area contributed by atoms with Crippen LogP contribution < -0.4 is 10.5 Å². The molecule has 1 aromatic carbocycles. The van der Waals surface area contributed by atoms with Gasteiger partial charge in [0.05, 0.1) is 18.5 Å². The second-order valence-corrected chi connectivity index (χ2v) is 8.10. The van der Waals surface area contributed by atoms with Gasteiger partial charge in [0.15, 0.2) is 0 Å². The van der Waals surface area contributed by atoms with Crippen molar-refractivity contribution in [2.45, 2.75) is 25.7 Å². The number of aromatic nitrogens is 2. The number of fused-ring (bicyclic) bond motifs is 3. The average molecular weight is 395 g/mol. The third-order valence-electron chi connectivity index (χ3n) is 5.72. The van der Waals surface area contributed by atoms with Gasteiger partial charge in [-0.15, -0.1) is 0 Å². The molecule has 2 N–H and O–H groups in total. The highest BCUT2D eigenvalue weighted by Crippen LogP contribution is 2.45. The van der Waals surface area contributed by atoms with E-state index in [4.69, 9.17) is 15.3 Å². The van der Waals surface area contributed by atoms with Gasteiger partial charge in [-0.05, 0) is 32.0 Å². The summed E-state index contributed by atoms with van der Waals surface area (Å²) in [6.45, 7) is 5.12. The van der Waals surface area contributed by atoms with Crippen LogP contribution in [-0.4, -0.2) is 53.8 Å². The molecule has 1 aromatic heterocycles. The van der Waals surface area contributed by atoms with Crippen LogP contribution in [0.2, 0.25) is 0 Å². The fraction of sp³-hybridized carbons (Fsp3) is 0.429. The number of oxime groups is 1. The van der Waals surface area contributed by atoms with Gasteiger partial charge in [-0.2, -0.15) is 0 Å². The van der Waals surface area contributed by atoms with Crippen molar-refractivity contribution < 1.29 is 14.4 Å². The van der Waals surface area contributed by atoms with Gasteiger partial charge < -0.3 is 20.2 Å². The number of amides is 1. The van der Waals surface area contributed by atoms with Crippen LogP contribution in [0.3, 0.4) is 0 Å². The summed E-state index contributed by atoms with van der Waals surface area (Å²) in [5.41, 5.74) is 9.82. The highest BCUT2D eigenvalue weighted by molar-refractivity contribution is 6.15. The molecule has 1 fully saturated rings. The van der Waals surface area contributed by atoms with E-state index in [1.54, 1.807) is 19.1 Å². The maximum Gasteiger partial charge on any atom is 0.222 e. The van der Waals surface area contributed by atoms with Gasteiger partial charge in [0.2, 0.25) is 5.91 Å². The zero-order valence-corrected chi connectivity index (χ0v) is 17.1. The maximum atomic E-state index is 11.8. The van der Waals surface area contributed by atoms with Crippen molar-refractivity contribution >= 4 is 17.4 Å². The highest BCUT2D eigenvalue weighted by Gasteiger charge is 2.41. The number of benzene rings is 1. The number of methoxy groups -OCH3 is 1. The largest absolute Gasteiger partial charge is 0.497 e. The van der Waals surface area contributed by atoms with Crippen molar-refractivity contribution in [3.8, 4) is 17.0 Å². The second kappa shape index (κ2) is 7.02. The van der Waals surface area contributed by atoms with Gasteiger partial charge in [-0.25, -0.2) is 9.97 Å². The lowest BCUT2D eigenvalue weighted by Gasteiger charge is -2.34. The molecular formula is C21H25N5O3. The Kier molecular flexibility index (Phi) is 4.64. The zero-order valence-electron chi connectivity index (χ0n) is 17.1. The number of nitrogen functional groups attached to an aromatic ring is 1. The summed E-state index contributed by atoms with van der Waals surface area (Å²) < 4.78 is 5.42. The Morgan fingerprint density at radius 2 is 2.10 bits per heavy atom. The first-order valence-electron chi connectivity index (χ1n) is 9.57. The van der Waals surface area contributed by atoms with Gasteiger partial charge in [0.25, 0.3) is 0 Å². The molecule has 29 heavy (non-hydrogen) atoms. The van der Waals surface area contributed by atoms with E-state index in [2.05, 4.69) is 15.1 Å². The number of rotatable bonds is 4. The number of nitrogens with zero attached hydrogens (tertiary/aromatic N) is 4. The molecule has 0 unspecified atom stereocenters. The predicted octanol–water partition coefficient (Wildman–Crippen LogP) is 2.22. The number of carbonyl (C=O) groups is 1. The number of hydrogen-bond acceptors (Lipinski definition) is 7. The van der Waals surface area contributed by atoms with E-state index in [0.29, 0.717) is 25.4 Å². The molecule has 1 atom stereocenters. The Hall–Kier alpha value is -3.16. The first kappa shape index (κ1) is 19.2. The molecule has 1 aliphatic carbocycles. The van der Waals surface area contributed by atoms with Crippen molar-refractivity contribution in [3.05, 3.63) is 35.7 Å². The molecular weight excluding hydrogens is 370 g/mol. The molecule has 4 rings (SSSR count). The van der Waals surface area contributed by atoms with Crippen molar-refractivity contribution in [2.75, 3.05) is 33.0 Å². The minimum Gasteiger partial charge on any atom is -0.497 e. The van der Waals surface area contributed by atoms with Crippen LogP contribution in [0, 0.1) is 5.92 Å². The summed E-state index contributed by atoms with van der Waals surface area (Å²) in [5.74, 6) is 1.42. The van der Waals surface area contributed by atoms with E-state index in [-0.39, 0.29) is 11.8 Å². The standard InChI is InChI=1S/C21H25N5O3/c1-21(2)17-18(23-11-24-20(17)22)14-6-5-13(28-4)8-15(14)19(21)25-29-10-12-7-16(27)26(3)9-12/h5-6,8,11-12H,7,9-10H2,1-4H3,(H2,22,23,24)/b25-19+/t12-/m0/s1. The van der Waals surface area contributed by atoms with Crippen LogP contribution in [0.15, 0.2) is 29.7 Å². The molecule has 8 nitrogen and oxygen atoms in total. The second-order valence-electron chi connectivity index (χ2n) is 8.10. The third-order valence-corrected chi connectivity index (χ3v) is 5.72. The number of likely N-dealkylation sites (tertiary alicyclic amines) is 1. The summed E-state index contributed by atoms with van der Waals surface area (Å²) in [7, 11) is 3.44. The van der Waals surface area contributed by atoms with Crippen molar-refractivity contribution in [2.24, 2.45) is 11.1 Å². The van der Waals surface area contributed by atoms with E-state index in [9.17, 15) is 4.79 Å². The number of ether oxygens (including phenoxy) is 1. The summed E-state index contributed by atoms with van der Waals surface area (Å²) in [6, 6.07) is 5.78. The molecule has 2 aromatic rings. The molecule has 2 heterocycles. The SMILES string of the molecule is COc1ccc2c(c1)/C(=N\OC[C@H]1CC(=O)N(C)C1)C(C)(C)c1c(N)ncnc1-2. The monoisotopic (exact) mass is 395 g/mol. The zero-order chi connectivity index (χ0) is 20.8. The van der Waals surface area contributed by atoms with Crippen LogP contribution in [0.25, 0.3) is 11.3 Å². The fourth-order valence-electron chi connectivity index (χ4n) is 4.17. The number of hydrogen-bond donors (Lipinski definition) is 1. The molecule has 152 valence electrons. The number of nitrogens with two attached hydrogens (primary N) is 1. The van der Waals surface area contributed by atoms with Gasteiger partial charge >= 0.3 is 0 Å². The van der Waals surface area contributed by atoms with E-state index < -0.39 is 5.41 Å². The van der Waals surface area contributed by atoms with Gasteiger partial charge in [0, 0.05) is 48.0 Å². The lowest BCUT2D eigenvalue weighted by molar-refractivity contribution is -0.126. The normalized spacial score (nSPS) is 21.1. The maximum absolute atomic E-state index is 11.8. The minimum absolute atomic E-state index is 0.133. The van der Waals surface area contributed by atoms with Crippen LogP contribution in [-0.2, 0) is 15.0 Å². The van der Waals surface area contributed by atoms with Crippen molar-refractivity contribution in [3.63, 3.8) is 0 Å². The average Bonchev–Trinajstić information content (AvgIpc) is 3.01. The van der Waals surface area contributed by atoms with E-state index in [0.717, 1.165) is 33.8 Å². The quantitative estimate of drug-likeness (QED) is 0.797. The lowest BCUT2D eigenvalue weighted by Crippen LogP contribution is -2.36. The Morgan fingerprint density at radius 1 is 1.31 bits per heavy atom. The van der Waals surface area contributed by atoms with Crippen LogP contribution >= 0.6 is 0 Å². The number of anilines is 1. The van der Waals surface area contributed by atoms with Crippen LogP contribution in [0.4, 0.5) is 5.82 Å². The predicted molar refractivity (Wildman–Crippen MR) is 110 cm³/mol. The van der Waals surface area contributed by atoms with Gasteiger partial charge in [0.1, 0.15) is 24.5 Å². The first-order chi connectivity index (χ1) is 13.8. The summed E-state index contributed by atoms with van der Waals surface area (Å²) in [6.07, 6.45) is 1.96. The van der Waals surface area contributed by atoms with E-state index >= 15 is 0 Å². The molecule has 1 amide bonds.